The van der Waals surface area contributed by atoms with E-state index in [0.29, 0.717) is 34.9 Å². The number of hydrogen-bond donors (Lipinski definition) is 0. The van der Waals surface area contributed by atoms with E-state index >= 15 is 0 Å². The van der Waals surface area contributed by atoms with Gasteiger partial charge in [0, 0.05) is 99.1 Å². The van der Waals surface area contributed by atoms with Crippen molar-refractivity contribution in [3.8, 4) is 158 Å². The highest BCUT2D eigenvalue weighted by atomic mass is 16.5. The van der Waals surface area contributed by atoms with Crippen molar-refractivity contribution in [2.75, 3.05) is 0 Å². The molecule has 0 atom stereocenters. The van der Waals surface area contributed by atoms with Crippen LogP contribution in [0.25, 0.3) is 179 Å². The van der Waals surface area contributed by atoms with Crippen LogP contribution in [0.5, 0.6) is 23.0 Å². The molecule has 26 rings (SSSR count). The Hall–Kier alpha value is -17.1. The zero-order valence-electron chi connectivity index (χ0n) is 69.0. The molecule has 0 bridgehead atoms. The lowest BCUT2D eigenvalue weighted by Crippen LogP contribution is -2.32. The summed E-state index contributed by atoms with van der Waals surface area (Å²) in [6.07, 6.45) is 0. The van der Waals surface area contributed by atoms with Gasteiger partial charge in [0.1, 0.15) is 23.0 Å². The minimum Gasteiger partial charge on any atom is -0.456 e. The molecule has 6 heterocycles. The summed E-state index contributed by atoms with van der Waals surface area (Å²) in [6, 6.07) is 153. The number of hydrogen-bond acceptors (Lipinski definition) is 10. The fraction of sp³-hybridized carbons (Fsp3) is 0.0169. The Balaban J connectivity index is 0.000000139. The van der Waals surface area contributed by atoms with Gasteiger partial charge in [0.15, 0.2) is 34.9 Å². The molecule has 4 aliphatic rings. The molecule has 596 valence electrons. The molecule has 10 heteroatoms. The topological polar surface area (TPSA) is 122 Å². The summed E-state index contributed by atoms with van der Waals surface area (Å²) >= 11 is 0. The van der Waals surface area contributed by atoms with Gasteiger partial charge >= 0.3 is 0 Å². The van der Waals surface area contributed by atoms with Crippen LogP contribution >= 0.6 is 0 Å². The maximum absolute atomic E-state index is 7.18. The lowest BCUT2D eigenvalue weighted by molar-refractivity contribution is 0.442. The molecule has 2 aliphatic carbocycles. The summed E-state index contributed by atoms with van der Waals surface area (Å²) in [4.78, 5) is 40.6. The fourth-order valence-corrected chi connectivity index (χ4v) is 20.4. The Morgan fingerprint density at radius 1 is 0.164 bits per heavy atom. The van der Waals surface area contributed by atoms with Crippen LogP contribution in [-0.2, 0) is 10.8 Å². The highest BCUT2D eigenvalue weighted by Gasteiger charge is 2.53. The Morgan fingerprint density at radius 3 is 0.805 bits per heavy atom. The van der Waals surface area contributed by atoms with Gasteiger partial charge in [-0.2, -0.15) is 0 Å². The zero-order valence-corrected chi connectivity index (χ0v) is 69.0. The second-order valence-corrected chi connectivity index (χ2v) is 33.0. The SMILES string of the molecule is c1ccc(-c2nc(-c3ccccc3)nc(-c3ccc(-c4cccc(-c5nc6ccccc6c6c7c(ccc56)C5(c6ccccc6O7)c6ccccc6-c6ccccc65)c4)cc3)n2)cc1.c1ccc(-c2nc(-c3ccccc3)nc(-c3cccc(-c4cccc(-c5nc6ccccc6c6c7c(ccc56)C5(c6ccccc6O7)c6ccccc6-c6ccccc65)c4)c3)n2)cc1. The summed E-state index contributed by atoms with van der Waals surface area (Å²) in [5.41, 5.74) is 29.1. The maximum atomic E-state index is 7.18. The highest BCUT2D eigenvalue weighted by molar-refractivity contribution is 6.17. The summed E-state index contributed by atoms with van der Waals surface area (Å²) in [6.45, 7) is 0. The standard InChI is InChI=1S/2C59H36N4O/c1-3-17-37(18-4-1)56-61-57(38-19-5-2-6-20-38)63-58(62-56)42-24-16-22-40(36-42)39-21-15-23-41(35-39)54-46-33-34-50-55(53(46)45-27-9-13-31-51(45)60-54)64-52-32-14-12-30-49(52)59(50)47-28-10-7-25-43(47)44-26-8-11-29-48(44)59;1-3-16-38(17-4-1)56-61-57(39-18-5-2-6-19-39)63-58(62-56)40-32-30-37(31-33-40)41-20-15-21-42(36-41)54-46-34-35-50-55(53(46)45-24-9-13-28-51(45)60-54)64-52-29-14-12-27-49(52)59(50)47-25-10-7-22-43(47)44-23-8-11-26-48(44)59/h2*1-36H. The van der Waals surface area contributed by atoms with E-state index in [-0.39, 0.29) is 0 Å². The molecule has 0 radical (unpaired) electrons. The summed E-state index contributed by atoms with van der Waals surface area (Å²) in [5, 5.41) is 6.30. The molecule has 18 aromatic carbocycles. The summed E-state index contributed by atoms with van der Waals surface area (Å²) in [7, 11) is 0. The number of ether oxygens (including phenoxy) is 2. The van der Waals surface area contributed by atoms with Crippen molar-refractivity contribution in [1.82, 2.24) is 39.9 Å². The minimum atomic E-state index is -0.566. The van der Waals surface area contributed by atoms with Gasteiger partial charge in [0.25, 0.3) is 0 Å². The smallest absolute Gasteiger partial charge is 0.164 e. The Kier molecular flexibility index (Phi) is 17.2. The van der Waals surface area contributed by atoms with Crippen LogP contribution in [-0.4, -0.2) is 39.9 Å². The van der Waals surface area contributed by atoms with Crippen molar-refractivity contribution in [3.05, 3.63) is 481 Å². The quantitative estimate of drug-likeness (QED) is 0.122. The van der Waals surface area contributed by atoms with E-state index < -0.39 is 10.8 Å². The van der Waals surface area contributed by atoms with Gasteiger partial charge in [-0.3, -0.25) is 0 Å². The monoisotopic (exact) mass is 1630 g/mol. The first kappa shape index (κ1) is 73.6. The Labute approximate surface area is 738 Å². The van der Waals surface area contributed by atoms with Crippen molar-refractivity contribution in [2.45, 2.75) is 10.8 Å². The maximum Gasteiger partial charge on any atom is 0.164 e. The largest absolute Gasteiger partial charge is 0.456 e. The van der Waals surface area contributed by atoms with Crippen LogP contribution in [0.1, 0.15) is 44.5 Å². The molecule has 0 amide bonds. The predicted octanol–water partition coefficient (Wildman–Crippen LogP) is 28.8. The van der Waals surface area contributed by atoms with Crippen LogP contribution in [0, 0.1) is 0 Å². The number of rotatable bonds is 10. The molecule has 0 unspecified atom stereocenters. The molecule has 0 saturated heterocycles. The van der Waals surface area contributed by atoms with Gasteiger partial charge < -0.3 is 9.47 Å². The van der Waals surface area contributed by atoms with E-state index in [1.807, 2.05) is 121 Å². The third kappa shape index (κ3) is 11.7. The normalized spacial score (nSPS) is 12.9. The molecular formula is C118H72N8O2. The fourth-order valence-electron chi connectivity index (χ4n) is 20.4. The Morgan fingerprint density at radius 2 is 0.430 bits per heavy atom. The molecule has 22 aromatic rings. The lowest BCUT2D eigenvalue weighted by atomic mass is 9.65. The summed E-state index contributed by atoms with van der Waals surface area (Å²) in [5.74, 6) is 7.26. The second-order valence-electron chi connectivity index (χ2n) is 33.0. The average molecular weight is 1630 g/mol. The van der Waals surface area contributed by atoms with E-state index in [1.165, 1.54) is 44.5 Å². The number of fused-ring (bicyclic) bond motifs is 26. The van der Waals surface area contributed by atoms with Crippen LogP contribution in [0.4, 0.5) is 0 Å². The number of para-hydroxylation sites is 4. The molecule has 4 aromatic heterocycles. The van der Waals surface area contributed by atoms with Gasteiger partial charge in [-0.05, 0) is 109 Å². The van der Waals surface area contributed by atoms with Crippen LogP contribution < -0.4 is 9.47 Å². The van der Waals surface area contributed by atoms with Gasteiger partial charge in [-0.25, -0.2) is 39.9 Å². The molecule has 2 aliphatic heterocycles. The van der Waals surface area contributed by atoms with Gasteiger partial charge in [-0.15, -0.1) is 0 Å². The second kappa shape index (κ2) is 29.9. The first-order valence-corrected chi connectivity index (χ1v) is 43.3. The van der Waals surface area contributed by atoms with Gasteiger partial charge in [0.2, 0.25) is 0 Å². The van der Waals surface area contributed by atoms with E-state index in [2.05, 4.69) is 315 Å². The zero-order chi connectivity index (χ0) is 84.4. The lowest BCUT2D eigenvalue weighted by Gasteiger charge is -2.40. The van der Waals surface area contributed by atoms with E-state index in [1.54, 1.807) is 0 Å². The minimum absolute atomic E-state index is 0.560. The van der Waals surface area contributed by atoms with Crippen LogP contribution in [0.3, 0.4) is 0 Å². The van der Waals surface area contributed by atoms with Crippen molar-refractivity contribution in [3.63, 3.8) is 0 Å². The number of benzene rings is 18. The van der Waals surface area contributed by atoms with Crippen molar-refractivity contribution >= 4 is 43.4 Å². The van der Waals surface area contributed by atoms with Gasteiger partial charge in [0.05, 0.1) is 33.3 Å². The molecule has 0 fully saturated rings. The van der Waals surface area contributed by atoms with Crippen molar-refractivity contribution < 1.29 is 9.47 Å². The highest BCUT2D eigenvalue weighted by Crippen LogP contribution is 2.66. The molecule has 0 N–H and O–H groups in total. The number of aromatic nitrogens is 8. The number of nitrogens with zero attached hydrogens (tertiary/aromatic N) is 8. The summed E-state index contributed by atoms with van der Waals surface area (Å²) < 4.78 is 14.4. The van der Waals surface area contributed by atoms with E-state index in [4.69, 9.17) is 49.3 Å². The van der Waals surface area contributed by atoms with Crippen molar-refractivity contribution in [1.29, 1.82) is 0 Å². The molecule has 0 saturated carbocycles. The molecule has 2 spiro atoms. The first-order valence-electron chi connectivity index (χ1n) is 43.3. The molecular weight excluding hydrogens is 1560 g/mol. The number of pyridine rings is 2. The van der Waals surface area contributed by atoms with Gasteiger partial charge in [-0.1, -0.05) is 394 Å². The molecule has 10 nitrogen and oxygen atoms in total. The van der Waals surface area contributed by atoms with Crippen LogP contribution in [0.15, 0.2) is 437 Å². The third-order valence-corrected chi connectivity index (χ3v) is 26.0. The average Bonchev–Trinajstić information content (AvgIpc) is 1.48. The molecule has 128 heavy (non-hydrogen) atoms. The predicted molar refractivity (Wildman–Crippen MR) is 514 cm³/mol. The van der Waals surface area contributed by atoms with Crippen molar-refractivity contribution in [2.24, 2.45) is 0 Å². The van der Waals surface area contributed by atoms with E-state index in [9.17, 15) is 0 Å². The van der Waals surface area contributed by atoms with E-state index in [0.717, 1.165) is 167 Å². The third-order valence-electron chi connectivity index (χ3n) is 26.0. The first-order chi connectivity index (χ1) is 63.4. The Bertz CT molecular complexity index is 8060. The van der Waals surface area contributed by atoms with Crippen LogP contribution in [0.2, 0.25) is 0 Å².